The summed E-state index contributed by atoms with van der Waals surface area (Å²) in [5, 5.41) is 2.87. The Morgan fingerprint density at radius 3 is 2.95 bits per heavy atom. The van der Waals surface area contributed by atoms with Crippen LogP contribution >= 0.6 is 0 Å². The predicted octanol–water partition coefficient (Wildman–Crippen LogP) is 3.01. The Balaban J connectivity index is 1.57. The van der Waals surface area contributed by atoms with Crippen LogP contribution in [0.2, 0.25) is 0 Å². The fourth-order valence-electron chi connectivity index (χ4n) is 2.62. The molecule has 0 saturated carbocycles. The SMILES string of the molecule is O=C(Cc1cccc(F)c1)NCc1ccc2c(c1)CCCO2. The molecule has 1 heterocycles. The number of hydrogen-bond acceptors (Lipinski definition) is 2. The number of halogens is 1. The van der Waals surface area contributed by atoms with E-state index in [1.807, 2.05) is 12.1 Å². The molecule has 0 atom stereocenters. The minimum absolute atomic E-state index is 0.112. The molecule has 0 aliphatic carbocycles. The zero-order valence-corrected chi connectivity index (χ0v) is 12.3. The van der Waals surface area contributed by atoms with Crippen LogP contribution < -0.4 is 10.1 Å². The Morgan fingerprint density at radius 1 is 1.18 bits per heavy atom. The molecule has 22 heavy (non-hydrogen) atoms. The molecule has 1 N–H and O–H groups in total. The van der Waals surface area contributed by atoms with Gasteiger partial charge in [0.2, 0.25) is 5.91 Å². The maximum absolute atomic E-state index is 13.1. The summed E-state index contributed by atoms with van der Waals surface area (Å²) in [6.07, 6.45) is 2.23. The van der Waals surface area contributed by atoms with Crippen molar-refractivity contribution in [2.24, 2.45) is 0 Å². The Hall–Kier alpha value is -2.36. The van der Waals surface area contributed by atoms with E-state index in [0.29, 0.717) is 12.1 Å². The molecule has 0 bridgehead atoms. The first kappa shape index (κ1) is 14.6. The second kappa shape index (κ2) is 6.60. The number of aryl methyl sites for hydroxylation is 1. The molecule has 0 unspecified atom stereocenters. The van der Waals surface area contributed by atoms with Crippen LogP contribution in [0, 0.1) is 5.82 Å². The highest BCUT2D eigenvalue weighted by Gasteiger charge is 2.11. The van der Waals surface area contributed by atoms with Crippen molar-refractivity contribution in [2.45, 2.75) is 25.8 Å². The number of ether oxygens (including phenoxy) is 1. The van der Waals surface area contributed by atoms with E-state index < -0.39 is 0 Å². The van der Waals surface area contributed by atoms with Gasteiger partial charge in [-0.3, -0.25) is 4.79 Å². The van der Waals surface area contributed by atoms with Crippen molar-refractivity contribution in [2.75, 3.05) is 6.61 Å². The van der Waals surface area contributed by atoms with Gasteiger partial charge in [-0.05, 0) is 47.7 Å². The van der Waals surface area contributed by atoms with Crippen molar-refractivity contribution >= 4 is 5.91 Å². The van der Waals surface area contributed by atoms with E-state index >= 15 is 0 Å². The summed E-state index contributed by atoms with van der Waals surface area (Å²) in [5.74, 6) is 0.514. The lowest BCUT2D eigenvalue weighted by molar-refractivity contribution is -0.120. The standard InChI is InChI=1S/C18H18FNO2/c19-16-5-1-3-13(10-16)11-18(21)20-12-14-6-7-17-15(9-14)4-2-8-22-17/h1,3,5-7,9-10H,2,4,8,11-12H2,(H,20,21). The number of benzene rings is 2. The van der Waals surface area contributed by atoms with Crippen LogP contribution in [0.5, 0.6) is 5.75 Å². The number of fused-ring (bicyclic) bond motifs is 1. The van der Waals surface area contributed by atoms with Crippen molar-refractivity contribution in [1.29, 1.82) is 0 Å². The lowest BCUT2D eigenvalue weighted by Crippen LogP contribution is -2.24. The van der Waals surface area contributed by atoms with Gasteiger partial charge < -0.3 is 10.1 Å². The fourth-order valence-corrected chi connectivity index (χ4v) is 2.62. The molecule has 0 fully saturated rings. The van der Waals surface area contributed by atoms with Crippen LogP contribution in [0.4, 0.5) is 4.39 Å². The zero-order valence-electron chi connectivity index (χ0n) is 12.3. The van der Waals surface area contributed by atoms with Crippen LogP contribution in [-0.4, -0.2) is 12.5 Å². The average molecular weight is 299 g/mol. The van der Waals surface area contributed by atoms with Gasteiger partial charge in [0.25, 0.3) is 0 Å². The van der Waals surface area contributed by atoms with Gasteiger partial charge in [-0.15, -0.1) is 0 Å². The molecule has 3 rings (SSSR count). The average Bonchev–Trinajstić information content (AvgIpc) is 2.53. The van der Waals surface area contributed by atoms with Crippen LogP contribution in [0.25, 0.3) is 0 Å². The van der Waals surface area contributed by atoms with Crippen molar-refractivity contribution in [3.63, 3.8) is 0 Å². The highest BCUT2D eigenvalue weighted by molar-refractivity contribution is 5.78. The van der Waals surface area contributed by atoms with Crippen molar-refractivity contribution in [1.82, 2.24) is 5.32 Å². The van der Waals surface area contributed by atoms with Gasteiger partial charge in [0.15, 0.2) is 0 Å². The van der Waals surface area contributed by atoms with Crippen molar-refractivity contribution in [3.05, 3.63) is 65.0 Å². The van der Waals surface area contributed by atoms with Gasteiger partial charge in [0.05, 0.1) is 13.0 Å². The molecule has 2 aromatic rings. The highest BCUT2D eigenvalue weighted by Crippen LogP contribution is 2.25. The summed E-state index contributed by atoms with van der Waals surface area (Å²) < 4.78 is 18.7. The summed E-state index contributed by atoms with van der Waals surface area (Å²) in [6, 6.07) is 12.1. The topological polar surface area (TPSA) is 38.3 Å². The Labute approximate surface area is 129 Å². The molecular formula is C18H18FNO2. The summed E-state index contributed by atoms with van der Waals surface area (Å²) >= 11 is 0. The first-order chi connectivity index (χ1) is 10.7. The molecule has 114 valence electrons. The molecule has 1 aliphatic heterocycles. The number of carbonyl (C=O) groups excluding carboxylic acids is 1. The molecule has 0 radical (unpaired) electrons. The van der Waals surface area contributed by atoms with Gasteiger partial charge >= 0.3 is 0 Å². The fraction of sp³-hybridized carbons (Fsp3) is 0.278. The van der Waals surface area contributed by atoms with E-state index in [1.165, 1.54) is 17.7 Å². The van der Waals surface area contributed by atoms with E-state index in [9.17, 15) is 9.18 Å². The van der Waals surface area contributed by atoms with E-state index in [2.05, 4.69) is 11.4 Å². The quantitative estimate of drug-likeness (QED) is 0.942. The normalized spacial score (nSPS) is 13.1. The number of nitrogens with one attached hydrogen (secondary N) is 1. The third-order valence-corrected chi connectivity index (χ3v) is 3.72. The second-order valence-electron chi connectivity index (χ2n) is 5.48. The van der Waals surface area contributed by atoms with E-state index in [0.717, 1.165) is 30.8 Å². The molecule has 0 spiro atoms. The summed E-state index contributed by atoms with van der Waals surface area (Å²) in [6.45, 7) is 1.25. The molecule has 4 heteroatoms. The van der Waals surface area contributed by atoms with E-state index in [-0.39, 0.29) is 18.1 Å². The highest BCUT2D eigenvalue weighted by atomic mass is 19.1. The van der Waals surface area contributed by atoms with Gasteiger partial charge in [-0.25, -0.2) is 4.39 Å². The molecular weight excluding hydrogens is 281 g/mol. The first-order valence-electron chi connectivity index (χ1n) is 7.46. The van der Waals surface area contributed by atoms with Gasteiger partial charge in [-0.1, -0.05) is 24.3 Å². The lowest BCUT2D eigenvalue weighted by atomic mass is 10.0. The zero-order chi connectivity index (χ0) is 15.4. The molecule has 3 nitrogen and oxygen atoms in total. The second-order valence-corrected chi connectivity index (χ2v) is 5.48. The van der Waals surface area contributed by atoms with Crippen LogP contribution in [0.3, 0.4) is 0 Å². The molecule has 1 amide bonds. The molecule has 2 aromatic carbocycles. The van der Waals surface area contributed by atoms with Gasteiger partial charge in [0.1, 0.15) is 11.6 Å². The first-order valence-corrected chi connectivity index (χ1v) is 7.46. The third kappa shape index (κ3) is 3.64. The molecule has 0 saturated heterocycles. The summed E-state index contributed by atoms with van der Waals surface area (Å²) in [5.41, 5.74) is 2.93. The number of rotatable bonds is 4. The molecule has 0 aromatic heterocycles. The number of hydrogen-bond donors (Lipinski definition) is 1. The predicted molar refractivity (Wildman–Crippen MR) is 82.2 cm³/mol. The minimum Gasteiger partial charge on any atom is -0.493 e. The maximum Gasteiger partial charge on any atom is 0.224 e. The van der Waals surface area contributed by atoms with Crippen molar-refractivity contribution < 1.29 is 13.9 Å². The summed E-state index contributed by atoms with van der Waals surface area (Å²) in [7, 11) is 0. The number of carbonyl (C=O) groups is 1. The number of amides is 1. The molecule has 1 aliphatic rings. The largest absolute Gasteiger partial charge is 0.493 e. The van der Waals surface area contributed by atoms with Crippen LogP contribution in [-0.2, 0) is 24.2 Å². The van der Waals surface area contributed by atoms with E-state index in [4.69, 9.17) is 4.74 Å². The van der Waals surface area contributed by atoms with Crippen LogP contribution in [0.15, 0.2) is 42.5 Å². The van der Waals surface area contributed by atoms with Gasteiger partial charge in [-0.2, -0.15) is 0 Å². The van der Waals surface area contributed by atoms with Gasteiger partial charge in [0, 0.05) is 6.54 Å². The Bertz CT molecular complexity index is 685. The monoisotopic (exact) mass is 299 g/mol. The third-order valence-electron chi connectivity index (χ3n) is 3.72. The Morgan fingerprint density at radius 2 is 2.09 bits per heavy atom. The van der Waals surface area contributed by atoms with E-state index in [1.54, 1.807) is 12.1 Å². The summed E-state index contributed by atoms with van der Waals surface area (Å²) in [4.78, 5) is 11.9. The minimum atomic E-state index is -0.319. The Kier molecular flexibility index (Phi) is 4.37. The smallest absolute Gasteiger partial charge is 0.224 e. The van der Waals surface area contributed by atoms with Crippen LogP contribution in [0.1, 0.15) is 23.1 Å². The maximum atomic E-state index is 13.1. The van der Waals surface area contributed by atoms with Crippen molar-refractivity contribution in [3.8, 4) is 5.75 Å². The lowest BCUT2D eigenvalue weighted by Gasteiger charge is -2.18.